The van der Waals surface area contributed by atoms with Gasteiger partial charge in [0.05, 0.1) is 6.20 Å². The number of carbonyl (C=O) groups is 1. The Morgan fingerprint density at radius 1 is 1.27 bits per heavy atom. The molecule has 0 aliphatic carbocycles. The van der Waals surface area contributed by atoms with Gasteiger partial charge in [-0.2, -0.15) is 0 Å². The molecule has 0 aliphatic heterocycles. The number of pyridine rings is 1. The maximum absolute atomic E-state index is 13.3. The van der Waals surface area contributed by atoms with Gasteiger partial charge in [-0.3, -0.25) is 4.98 Å². The van der Waals surface area contributed by atoms with Gasteiger partial charge in [0.25, 0.3) is 0 Å². The molecule has 2 aromatic rings. The quantitative estimate of drug-likeness (QED) is 0.830. The van der Waals surface area contributed by atoms with E-state index < -0.39 is 6.09 Å². The van der Waals surface area contributed by atoms with E-state index in [9.17, 15) is 9.18 Å². The number of ether oxygens (including phenoxy) is 1. The molecule has 4 nitrogen and oxygen atoms in total. The average molecular weight is 300 g/mol. The maximum Gasteiger partial charge on any atom is 0.407 e. The molecule has 2 rings (SSSR count). The Labute approximate surface area is 128 Å². The molecule has 1 aromatic carbocycles. The van der Waals surface area contributed by atoms with Crippen LogP contribution >= 0.6 is 0 Å². The summed E-state index contributed by atoms with van der Waals surface area (Å²) >= 11 is 0. The third-order valence-corrected chi connectivity index (χ3v) is 2.89. The summed E-state index contributed by atoms with van der Waals surface area (Å²) in [4.78, 5) is 15.2. The first-order valence-corrected chi connectivity index (χ1v) is 6.96. The van der Waals surface area contributed by atoms with Gasteiger partial charge in [0, 0.05) is 18.3 Å². The molecular weight excluding hydrogens is 283 g/mol. The molecule has 1 amide bonds. The lowest BCUT2D eigenvalue weighted by molar-refractivity contribution is 0.140. The van der Waals surface area contributed by atoms with Crippen molar-refractivity contribution >= 4 is 12.2 Å². The Morgan fingerprint density at radius 2 is 2.09 bits per heavy atom. The van der Waals surface area contributed by atoms with E-state index in [0.717, 1.165) is 5.56 Å². The van der Waals surface area contributed by atoms with Crippen molar-refractivity contribution in [3.63, 3.8) is 0 Å². The number of nitrogens with zero attached hydrogens (tertiary/aromatic N) is 1. The summed E-state index contributed by atoms with van der Waals surface area (Å²) in [6, 6.07) is 11.0. The van der Waals surface area contributed by atoms with Crippen LogP contribution < -0.4 is 5.32 Å². The third-order valence-electron chi connectivity index (χ3n) is 2.89. The second kappa shape index (κ2) is 8.56. The van der Waals surface area contributed by atoms with E-state index in [4.69, 9.17) is 4.74 Å². The lowest BCUT2D eigenvalue weighted by atomic mass is 10.2. The van der Waals surface area contributed by atoms with E-state index in [1.54, 1.807) is 18.2 Å². The Hall–Kier alpha value is -2.69. The summed E-state index contributed by atoms with van der Waals surface area (Å²) in [5, 5.41) is 2.64. The Bertz CT molecular complexity index is 630. The van der Waals surface area contributed by atoms with Crippen molar-refractivity contribution in [1.82, 2.24) is 10.3 Å². The monoisotopic (exact) mass is 300 g/mol. The third kappa shape index (κ3) is 5.36. The standard InChI is InChI=1S/C17H17FN2O2/c18-16-12-19-11-9-15(16)8-4-5-10-20-17(21)22-13-14-6-2-1-3-7-14/h1-4,6-9,11-12H,5,10,13H2,(H,20,21). The van der Waals surface area contributed by atoms with Crippen molar-refractivity contribution in [2.24, 2.45) is 0 Å². The van der Waals surface area contributed by atoms with Gasteiger partial charge in [0.2, 0.25) is 0 Å². The molecule has 1 aromatic heterocycles. The molecule has 0 radical (unpaired) electrons. The lowest BCUT2D eigenvalue weighted by Gasteiger charge is -2.05. The normalized spacial score (nSPS) is 10.6. The molecule has 0 fully saturated rings. The van der Waals surface area contributed by atoms with Crippen LogP contribution in [0.3, 0.4) is 0 Å². The first-order chi connectivity index (χ1) is 10.8. The number of hydrogen-bond acceptors (Lipinski definition) is 3. The number of hydrogen-bond donors (Lipinski definition) is 1. The largest absolute Gasteiger partial charge is 0.445 e. The summed E-state index contributed by atoms with van der Waals surface area (Å²) in [7, 11) is 0. The van der Waals surface area contributed by atoms with E-state index in [2.05, 4.69) is 10.3 Å². The maximum atomic E-state index is 13.3. The van der Waals surface area contributed by atoms with Crippen molar-refractivity contribution in [2.45, 2.75) is 13.0 Å². The fourth-order valence-corrected chi connectivity index (χ4v) is 1.76. The molecule has 0 aliphatic rings. The van der Waals surface area contributed by atoms with Gasteiger partial charge in [-0.1, -0.05) is 42.5 Å². The van der Waals surface area contributed by atoms with Crippen LogP contribution in [0.5, 0.6) is 0 Å². The predicted octanol–water partition coefficient (Wildman–Crippen LogP) is 3.55. The Kier molecular flexibility index (Phi) is 6.11. The first-order valence-electron chi connectivity index (χ1n) is 6.96. The number of benzene rings is 1. The smallest absolute Gasteiger partial charge is 0.407 e. The summed E-state index contributed by atoms with van der Waals surface area (Å²) in [6.45, 7) is 0.668. The van der Waals surface area contributed by atoms with Crippen molar-refractivity contribution in [3.8, 4) is 0 Å². The van der Waals surface area contributed by atoms with E-state index in [1.165, 1.54) is 12.4 Å². The fourth-order valence-electron chi connectivity index (χ4n) is 1.76. The number of alkyl carbamates (subject to hydrolysis) is 1. The number of rotatable bonds is 6. The van der Waals surface area contributed by atoms with Crippen molar-refractivity contribution in [2.75, 3.05) is 6.54 Å². The summed E-state index contributed by atoms with van der Waals surface area (Å²) in [5.41, 5.74) is 1.41. The minimum Gasteiger partial charge on any atom is -0.445 e. The minimum atomic E-state index is -0.465. The van der Waals surface area contributed by atoms with Crippen LogP contribution in [0.2, 0.25) is 0 Å². The van der Waals surface area contributed by atoms with Gasteiger partial charge >= 0.3 is 6.09 Å². The molecule has 0 bridgehead atoms. The predicted molar refractivity (Wildman–Crippen MR) is 82.5 cm³/mol. The number of carbonyl (C=O) groups excluding carboxylic acids is 1. The number of amides is 1. The molecular formula is C17H17FN2O2. The van der Waals surface area contributed by atoms with Crippen molar-refractivity contribution in [3.05, 3.63) is 71.8 Å². The molecule has 22 heavy (non-hydrogen) atoms. The Morgan fingerprint density at radius 3 is 2.86 bits per heavy atom. The van der Waals surface area contributed by atoms with Gasteiger partial charge in [0.15, 0.2) is 0 Å². The summed E-state index contributed by atoms with van der Waals surface area (Å²) < 4.78 is 18.4. The van der Waals surface area contributed by atoms with Gasteiger partial charge in [-0.25, -0.2) is 9.18 Å². The van der Waals surface area contributed by atoms with Crippen molar-refractivity contribution < 1.29 is 13.9 Å². The number of aromatic nitrogens is 1. The van der Waals surface area contributed by atoms with E-state index in [-0.39, 0.29) is 12.4 Å². The van der Waals surface area contributed by atoms with Crippen molar-refractivity contribution in [1.29, 1.82) is 0 Å². The van der Waals surface area contributed by atoms with Gasteiger partial charge < -0.3 is 10.1 Å². The van der Waals surface area contributed by atoms with Crippen LogP contribution in [-0.4, -0.2) is 17.6 Å². The molecule has 0 atom stereocenters. The zero-order chi connectivity index (χ0) is 15.6. The van der Waals surface area contributed by atoms with Gasteiger partial charge in [-0.15, -0.1) is 0 Å². The molecule has 0 unspecified atom stereocenters. The summed E-state index contributed by atoms with van der Waals surface area (Å²) in [6.07, 6.45) is 6.26. The van der Waals surface area contributed by atoms with E-state index >= 15 is 0 Å². The molecule has 114 valence electrons. The van der Waals surface area contributed by atoms with Crippen LogP contribution in [-0.2, 0) is 11.3 Å². The highest BCUT2D eigenvalue weighted by Gasteiger charge is 2.01. The van der Waals surface area contributed by atoms with Crippen LogP contribution in [0.1, 0.15) is 17.5 Å². The first kappa shape index (κ1) is 15.7. The minimum absolute atomic E-state index is 0.241. The summed E-state index contributed by atoms with van der Waals surface area (Å²) in [5.74, 6) is -0.367. The number of halogens is 1. The molecule has 0 saturated carbocycles. The SMILES string of the molecule is O=C(NCCC=Cc1ccncc1F)OCc1ccccc1. The number of nitrogens with one attached hydrogen (secondary N) is 1. The van der Waals surface area contributed by atoms with E-state index in [1.807, 2.05) is 30.3 Å². The van der Waals surface area contributed by atoms with Crippen LogP contribution in [0.4, 0.5) is 9.18 Å². The highest BCUT2D eigenvalue weighted by molar-refractivity contribution is 5.67. The van der Waals surface area contributed by atoms with Crippen LogP contribution in [0.25, 0.3) is 6.08 Å². The zero-order valence-electron chi connectivity index (χ0n) is 12.0. The van der Waals surface area contributed by atoms with E-state index in [0.29, 0.717) is 18.5 Å². The van der Waals surface area contributed by atoms with Gasteiger partial charge in [0.1, 0.15) is 12.4 Å². The molecule has 5 heteroatoms. The Balaban J connectivity index is 1.64. The topological polar surface area (TPSA) is 51.2 Å². The molecule has 1 heterocycles. The van der Waals surface area contributed by atoms with Crippen LogP contribution in [0.15, 0.2) is 54.9 Å². The highest BCUT2D eigenvalue weighted by atomic mass is 19.1. The lowest BCUT2D eigenvalue weighted by Crippen LogP contribution is -2.24. The highest BCUT2D eigenvalue weighted by Crippen LogP contribution is 2.06. The second-order valence-corrected chi connectivity index (χ2v) is 4.58. The second-order valence-electron chi connectivity index (χ2n) is 4.58. The average Bonchev–Trinajstić information content (AvgIpc) is 2.55. The molecule has 0 spiro atoms. The fraction of sp³-hybridized carbons (Fsp3) is 0.176. The zero-order valence-corrected chi connectivity index (χ0v) is 12.0. The van der Waals surface area contributed by atoms with Gasteiger partial charge in [-0.05, 0) is 18.1 Å². The van der Waals surface area contributed by atoms with Crippen LogP contribution in [0, 0.1) is 5.82 Å². The molecule has 1 N–H and O–H groups in total. The molecule has 0 saturated heterocycles.